The summed E-state index contributed by atoms with van der Waals surface area (Å²) in [7, 11) is 0. The largest absolute Gasteiger partial charge is 0.491 e. The molecule has 0 spiro atoms. The summed E-state index contributed by atoms with van der Waals surface area (Å²) in [5.41, 5.74) is 3.00. The number of hydrazine groups is 1. The van der Waals surface area contributed by atoms with Crippen LogP contribution in [0.4, 0.5) is 0 Å². The van der Waals surface area contributed by atoms with Crippen molar-refractivity contribution in [2.75, 3.05) is 26.2 Å². The number of carbonyl (C=O) groups is 1. The van der Waals surface area contributed by atoms with Gasteiger partial charge in [-0.2, -0.15) is 0 Å². The maximum atomic E-state index is 11.6. The molecule has 0 aliphatic carbocycles. The summed E-state index contributed by atoms with van der Waals surface area (Å²) in [4.78, 5) is 14.0. The zero-order valence-corrected chi connectivity index (χ0v) is 12.2. The van der Waals surface area contributed by atoms with E-state index in [2.05, 4.69) is 24.2 Å². The maximum Gasteiger partial charge on any atom is 0.268 e. The molecule has 5 heteroatoms. The molecule has 1 aliphatic rings. The fourth-order valence-corrected chi connectivity index (χ4v) is 2.56. The molecule has 1 aromatic rings. The molecular weight excluding hydrogens is 254 g/mol. The van der Waals surface area contributed by atoms with E-state index < -0.39 is 0 Å². The Morgan fingerprint density at radius 3 is 2.85 bits per heavy atom. The van der Waals surface area contributed by atoms with E-state index >= 15 is 0 Å². The van der Waals surface area contributed by atoms with Crippen molar-refractivity contribution in [2.24, 2.45) is 11.3 Å². The van der Waals surface area contributed by atoms with E-state index in [0.717, 1.165) is 19.6 Å². The van der Waals surface area contributed by atoms with Crippen LogP contribution in [0.3, 0.4) is 0 Å². The standard InChI is InChI=1S/C15H23N3O2/c1-15(2)7-8-18(11-15)9-10-20-13-6-4-3-5-12(13)14(19)17-16/h3-6H,7-11,16H2,1-2H3,(H,17,19). The van der Waals surface area contributed by atoms with Gasteiger partial charge in [0.2, 0.25) is 0 Å². The van der Waals surface area contributed by atoms with E-state index in [9.17, 15) is 4.79 Å². The fourth-order valence-electron chi connectivity index (χ4n) is 2.56. The van der Waals surface area contributed by atoms with Crippen molar-refractivity contribution in [1.29, 1.82) is 0 Å². The number of amides is 1. The molecule has 0 atom stereocenters. The summed E-state index contributed by atoms with van der Waals surface area (Å²) in [5, 5.41) is 0. The van der Waals surface area contributed by atoms with Crippen LogP contribution in [0.15, 0.2) is 24.3 Å². The fraction of sp³-hybridized carbons (Fsp3) is 0.533. The van der Waals surface area contributed by atoms with Crippen LogP contribution < -0.4 is 16.0 Å². The van der Waals surface area contributed by atoms with Gasteiger partial charge < -0.3 is 4.74 Å². The number of nitrogens with two attached hydrogens (primary N) is 1. The number of rotatable bonds is 5. The van der Waals surface area contributed by atoms with Crippen molar-refractivity contribution in [3.63, 3.8) is 0 Å². The van der Waals surface area contributed by atoms with E-state index in [4.69, 9.17) is 10.6 Å². The van der Waals surface area contributed by atoms with Gasteiger partial charge in [0.1, 0.15) is 12.4 Å². The third-order valence-electron chi connectivity index (χ3n) is 3.68. The second-order valence-electron chi connectivity index (χ2n) is 6.01. The lowest BCUT2D eigenvalue weighted by Gasteiger charge is -2.20. The number of benzene rings is 1. The van der Waals surface area contributed by atoms with Crippen molar-refractivity contribution >= 4 is 5.91 Å². The van der Waals surface area contributed by atoms with Crippen LogP contribution in [0, 0.1) is 5.41 Å². The minimum Gasteiger partial charge on any atom is -0.491 e. The van der Waals surface area contributed by atoms with Crippen LogP contribution in [0.1, 0.15) is 30.6 Å². The number of ether oxygens (including phenoxy) is 1. The molecule has 1 heterocycles. The van der Waals surface area contributed by atoms with Crippen molar-refractivity contribution in [1.82, 2.24) is 10.3 Å². The molecule has 20 heavy (non-hydrogen) atoms. The zero-order valence-electron chi connectivity index (χ0n) is 12.2. The molecule has 2 rings (SSSR count). The van der Waals surface area contributed by atoms with Crippen LogP contribution in [-0.4, -0.2) is 37.0 Å². The quantitative estimate of drug-likeness (QED) is 0.485. The highest BCUT2D eigenvalue weighted by atomic mass is 16.5. The first-order valence-electron chi connectivity index (χ1n) is 6.97. The zero-order chi connectivity index (χ0) is 14.6. The number of hydrogen-bond acceptors (Lipinski definition) is 4. The van der Waals surface area contributed by atoms with Gasteiger partial charge in [-0.15, -0.1) is 0 Å². The summed E-state index contributed by atoms with van der Waals surface area (Å²) in [6, 6.07) is 7.14. The smallest absolute Gasteiger partial charge is 0.268 e. The van der Waals surface area contributed by atoms with Gasteiger partial charge in [0, 0.05) is 13.1 Å². The third-order valence-corrected chi connectivity index (χ3v) is 3.68. The van der Waals surface area contributed by atoms with Gasteiger partial charge >= 0.3 is 0 Å². The number of hydrogen-bond donors (Lipinski definition) is 2. The highest BCUT2D eigenvalue weighted by Gasteiger charge is 2.28. The van der Waals surface area contributed by atoms with E-state index in [-0.39, 0.29) is 5.91 Å². The first kappa shape index (κ1) is 14.8. The Morgan fingerprint density at radius 1 is 1.45 bits per heavy atom. The molecule has 1 aromatic carbocycles. The second kappa shape index (κ2) is 6.24. The van der Waals surface area contributed by atoms with Gasteiger partial charge in [-0.3, -0.25) is 15.1 Å². The molecule has 5 nitrogen and oxygen atoms in total. The Morgan fingerprint density at radius 2 is 2.20 bits per heavy atom. The topological polar surface area (TPSA) is 67.6 Å². The van der Waals surface area contributed by atoms with Gasteiger partial charge in [0.05, 0.1) is 5.56 Å². The SMILES string of the molecule is CC1(C)CCN(CCOc2ccccc2C(=O)NN)C1. The number of nitrogen functional groups attached to an aromatic ring is 1. The summed E-state index contributed by atoms with van der Waals surface area (Å²) in [6.45, 7) is 8.24. The van der Waals surface area contributed by atoms with Crippen LogP contribution >= 0.6 is 0 Å². The molecule has 1 fully saturated rings. The Balaban J connectivity index is 1.87. The molecular formula is C15H23N3O2. The van der Waals surface area contributed by atoms with E-state index in [1.165, 1.54) is 6.42 Å². The second-order valence-corrected chi connectivity index (χ2v) is 6.01. The Bertz CT molecular complexity index is 474. The maximum absolute atomic E-state index is 11.6. The number of nitrogens with zero attached hydrogens (tertiary/aromatic N) is 1. The first-order chi connectivity index (χ1) is 9.52. The Labute approximate surface area is 120 Å². The van der Waals surface area contributed by atoms with Crippen molar-refractivity contribution in [2.45, 2.75) is 20.3 Å². The average Bonchev–Trinajstić information content (AvgIpc) is 2.78. The first-order valence-corrected chi connectivity index (χ1v) is 6.97. The Hall–Kier alpha value is -1.59. The van der Waals surface area contributed by atoms with Crippen molar-refractivity contribution < 1.29 is 9.53 Å². The lowest BCUT2D eigenvalue weighted by molar-refractivity contribution is 0.0949. The van der Waals surface area contributed by atoms with Crippen LogP contribution in [0.2, 0.25) is 0 Å². The van der Waals surface area contributed by atoms with E-state index in [1.807, 2.05) is 6.07 Å². The molecule has 1 amide bonds. The monoisotopic (exact) mass is 277 g/mol. The van der Waals surface area contributed by atoms with Gasteiger partial charge in [-0.05, 0) is 30.5 Å². The molecule has 0 radical (unpaired) electrons. The highest BCUT2D eigenvalue weighted by molar-refractivity contribution is 5.96. The summed E-state index contributed by atoms with van der Waals surface area (Å²) in [5.74, 6) is 5.41. The molecule has 110 valence electrons. The number of para-hydroxylation sites is 1. The van der Waals surface area contributed by atoms with Gasteiger partial charge in [-0.1, -0.05) is 26.0 Å². The third kappa shape index (κ3) is 3.71. The van der Waals surface area contributed by atoms with Crippen LogP contribution in [0.25, 0.3) is 0 Å². The summed E-state index contributed by atoms with van der Waals surface area (Å²) in [6.07, 6.45) is 1.22. The molecule has 3 N–H and O–H groups in total. The number of likely N-dealkylation sites (tertiary alicyclic amines) is 1. The Kier molecular flexibility index (Phi) is 4.62. The van der Waals surface area contributed by atoms with Gasteiger partial charge in [0.25, 0.3) is 5.91 Å². The molecule has 1 aliphatic heterocycles. The predicted molar refractivity (Wildman–Crippen MR) is 78.4 cm³/mol. The minimum absolute atomic E-state index is 0.331. The molecule has 0 unspecified atom stereocenters. The average molecular weight is 277 g/mol. The van der Waals surface area contributed by atoms with E-state index in [1.54, 1.807) is 18.2 Å². The number of nitrogens with one attached hydrogen (secondary N) is 1. The van der Waals surface area contributed by atoms with Crippen molar-refractivity contribution in [3.8, 4) is 5.75 Å². The van der Waals surface area contributed by atoms with Crippen LogP contribution in [0.5, 0.6) is 5.75 Å². The summed E-state index contributed by atoms with van der Waals surface area (Å²) >= 11 is 0. The van der Waals surface area contributed by atoms with Crippen molar-refractivity contribution in [3.05, 3.63) is 29.8 Å². The molecule has 0 aromatic heterocycles. The summed E-state index contributed by atoms with van der Waals surface area (Å²) < 4.78 is 5.73. The van der Waals surface area contributed by atoms with Gasteiger partial charge in [0.15, 0.2) is 0 Å². The molecule has 0 saturated carbocycles. The van der Waals surface area contributed by atoms with Crippen LogP contribution in [-0.2, 0) is 0 Å². The van der Waals surface area contributed by atoms with Gasteiger partial charge in [-0.25, -0.2) is 5.84 Å². The highest BCUT2D eigenvalue weighted by Crippen LogP contribution is 2.28. The minimum atomic E-state index is -0.331. The lowest BCUT2D eigenvalue weighted by atomic mass is 9.93. The molecule has 1 saturated heterocycles. The molecule has 0 bridgehead atoms. The normalized spacial score (nSPS) is 17.9. The lowest BCUT2D eigenvalue weighted by Crippen LogP contribution is -2.31. The number of carbonyl (C=O) groups excluding carboxylic acids is 1. The predicted octanol–water partition coefficient (Wildman–Crippen LogP) is 1.40. The van der Waals surface area contributed by atoms with E-state index in [0.29, 0.717) is 23.3 Å².